The van der Waals surface area contributed by atoms with Crippen LogP contribution in [0, 0.1) is 5.41 Å². The lowest BCUT2D eigenvalue weighted by Crippen LogP contribution is -1.98. The molecular weight excluding hydrogens is 134 g/mol. The lowest BCUT2D eigenvalue weighted by Gasteiger charge is -1.91. The van der Waals surface area contributed by atoms with Gasteiger partial charge in [0.1, 0.15) is 0 Å². The Bertz CT molecular complexity index is 156. The van der Waals surface area contributed by atoms with Gasteiger partial charge in [-0.1, -0.05) is 6.58 Å². The number of hydrogen-bond donors (Lipinski definition) is 1. The average Bonchev–Trinajstić information content (AvgIpc) is 1.88. The Hall–Kier alpha value is -1.41. The van der Waals surface area contributed by atoms with Gasteiger partial charge >= 0.3 is 5.97 Å². The Labute approximate surface area is 59.0 Å². The van der Waals surface area contributed by atoms with E-state index in [9.17, 15) is 4.79 Å². The Morgan fingerprint density at radius 2 is 2.00 bits per heavy atom. The molecule has 0 spiro atoms. The maximum atomic E-state index is 10.2. The van der Waals surface area contributed by atoms with E-state index in [0.717, 1.165) is 6.08 Å². The molecule has 0 aliphatic heterocycles. The van der Waals surface area contributed by atoms with Crippen LogP contribution in [0.3, 0.4) is 0 Å². The van der Waals surface area contributed by atoms with E-state index in [0.29, 0.717) is 5.57 Å². The van der Waals surface area contributed by atoms with Crippen molar-refractivity contribution in [3.05, 3.63) is 12.2 Å². The fourth-order valence-corrected chi connectivity index (χ4v) is 0.174. The summed E-state index contributed by atoms with van der Waals surface area (Å²) in [7, 11) is 1.33. The maximum Gasteiger partial charge on any atom is 0.332 e. The Balaban J connectivity index is 0. The molecule has 4 heteroatoms. The minimum Gasteiger partial charge on any atom is -0.466 e. The molecule has 0 aromatic heterocycles. The molecule has 0 amide bonds. The van der Waals surface area contributed by atoms with Crippen molar-refractivity contribution >= 4 is 12.0 Å². The number of nitrogens with one attached hydrogen (secondary N) is 1. The monoisotopic (exact) mass is 143 g/mol. The van der Waals surface area contributed by atoms with Gasteiger partial charge < -0.3 is 4.74 Å². The van der Waals surface area contributed by atoms with Crippen LogP contribution in [0.1, 0.15) is 6.92 Å². The first-order valence-corrected chi connectivity index (χ1v) is 2.37. The van der Waals surface area contributed by atoms with Crippen LogP contribution >= 0.6 is 0 Å². The van der Waals surface area contributed by atoms with Crippen molar-refractivity contribution in [3.63, 3.8) is 0 Å². The number of rotatable bonds is 1. The van der Waals surface area contributed by atoms with E-state index >= 15 is 0 Å². The third-order valence-electron chi connectivity index (χ3n) is 0.534. The number of carbonyl (C=O) groups excluding carboxylic acids is 2. The molecule has 0 fully saturated rings. The first-order chi connectivity index (χ1) is 4.59. The molecule has 4 nitrogen and oxygen atoms in total. The van der Waals surface area contributed by atoms with Crippen molar-refractivity contribution in [3.8, 4) is 0 Å². The highest BCUT2D eigenvalue weighted by Gasteiger charge is 1.95. The Morgan fingerprint density at radius 1 is 1.70 bits per heavy atom. The highest BCUT2D eigenvalue weighted by molar-refractivity contribution is 5.86. The summed E-state index contributed by atoms with van der Waals surface area (Å²) in [5.41, 5.74) is 0.433. The number of methoxy groups -OCH3 is 1. The molecule has 56 valence electrons. The number of esters is 1. The minimum atomic E-state index is -0.347. The fraction of sp³-hybridized carbons (Fsp3) is 0.333. The summed E-state index contributed by atoms with van der Waals surface area (Å²) in [5, 5.41) is 5.40. The van der Waals surface area contributed by atoms with E-state index in [1.165, 1.54) is 7.11 Å². The quantitative estimate of drug-likeness (QED) is 0.253. The van der Waals surface area contributed by atoms with Gasteiger partial charge in [-0.3, -0.25) is 0 Å². The van der Waals surface area contributed by atoms with Gasteiger partial charge in [-0.2, -0.15) is 0 Å². The van der Waals surface area contributed by atoms with Crippen LogP contribution in [-0.4, -0.2) is 19.2 Å². The van der Waals surface area contributed by atoms with Crippen molar-refractivity contribution in [2.45, 2.75) is 6.92 Å². The average molecular weight is 143 g/mol. The molecule has 0 rings (SSSR count). The number of hydrogen-bond acceptors (Lipinski definition) is 4. The van der Waals surface area contributed by atoms with Crippen LogP contribution in [0.4, 0.5) is 0 Å². The number of carbonyl (C=O) groups is 1. The second kappa shape index (κ2) is 7.59. The van der Waals surface area contributed by atoms with E-state index < -0.39 is 0 Å². The molecule has 0 aliphatic rings. The van der Waals surface area contributed by atoms with Crippen LogP contribution in [0.2, 0.25) is 0 Å². The normalized spacial score (nSPS) is 6.20. The van der Waals surface area contributed by atoms with Gasteiger partial charge in [0.15, 0.2) is 0 Å². The zero-order valence-corrected chi connectivity index (χ0v) is 5.93. The molecule has 0 bridgehead atoms. The summed E-state index contributed by atoms with van der Waals surface area (Å²) in [6, 6.07) is 0. The minimum absolute atomic E-state index is 0.347. The van der Waals surface area contributed by atoms with Gasteiger partial charge in [0, 0.05) is 5.57 Å². The van der Waals surface area contributed by atoms with Crippen molar-refractivity contribution in [1.29, 1.82) is 5.41 Å². The van der Waals surface area contributed by atoms with E-state index in [2.05, 4.69) is 11.3 Å². The third kappa shape index (κ3) is 9.77. The molecule has 10 heavy (non-hydrogen) atoms. The van der Waals surface area contributed by atoms with Crippen LogP contribution in [-0.2, 0) is 14.3 Å². The van der Waals surface area contributed by atoms with Gasteiger partial charge in [0.2, 0.25) is 6.08 Å². The predicted molar refractivity (Wildman–Crippen MR) is 35.2 cm³/mol. The van der Waals surface area contributed by atoms with Crippen molar-refractivity contribution in [2.75, 3.05) is 7.11 Å². The summed E-state index contributed by atoms with van der Waals surface area (Å²) < 4.78 is 4.27. The molecule has 0 aliphatic carbocycles. The van der Waals surface area contributed by atoms with Gasteiger partial charge in [-0.05, 0) is 6.92 Å². The standard InChI is InChI=1S/C5H8O2.CHNO/c1-4(2)5(6)7-3;2-1-3/h1H2,2-3H3;2H. The van der Waals surface area contributed by atoms with Crippen LogP contribution in [0.25, 0.3) is 0 Å². The fourth-order valence-electron chi connectivity index (χ4n) is 0.174. The van der Waals surface area contributed by atoms with Gasteiger partial charge in [-0.15, -0.1) is 0 Å². The van der Waals surface area contributed by atoms with E-state index in [1.54, 1.807) is 6.92 Å². The maximum absolute atomic E-state index is 10.2. The smallest absolute Gasteiger partial charge is 0.332 e. The second-order valence-electron chi connectivity index (χ2n) is 1.37. The summed E-state index contributed by atoms with van der Waals surface area (Å²) >= 11 is 0. The third-order valence-corrected chi connectivity index (χ3v) is 0.534. The summed E-state index contributed by atoms with van der Waals surface area (Å²) in [6.45, 7) is 4.95. The molecule has 1 N–H and O–H groups in total. The van der Waals surface area contributed by atoms with E-state index in [4.69, 9.17) is 10.2 Å². The molecule has 0 unspecified atom stereocenters. The lowest BCUT2D eigenvalue weighted by molar-refractivity contribution is -0.136. The molecular formula is C6H9NO3. The largest absolute Gasteiger partial charge is 0.466 e. The van der Waals surface area contributed by atoms with Crippen LogP contribution in [0.15, 0.2) is 12.2 Å². The molecule has 0 radical (unpaired) electrons. The highest BCUT2D eigenvalue weighted by atomic mass is 16.5. The second-order valence-corrected chi connectivity index (χ2v) is 1.37. The molecule has 0 aromatic rings. The topological polar surface area (TPSA) is 67.2 Å². The lowest BCUT2D eigenvalue weighted by atomic mass is 10.4. The van der Waals surface area contributed by atoms with Crippen LogP contribution in [0.5, 0.6) is 0 Å². The Kier molecular flexibility index (Phi) is 8.65. The highest BCUT2D eigenvalue weighted by Crippen LogP contribution is 1.87. The zero-order valence-electron chi connectivity index (χ0n) is 5.93. The molecule has 0 aromatic carbocycles. The van der Waals surface area contributed by atoms with E-state index in [1.807, 2.05) is 0 Å². The van der Waals surface area contributed by atoms with Crippen molar-refractivity contribution in [2.24, 2.45) is 0 Å². The number of ether oxygens (including phenoxy) is 1. The first kappa shape index (κ1) is 11.4. The molecule has 0 saturated carbocycles. The summed E-state index contributed by atoms with van der Waals surface area (Å²) in [4.78, 5) is 18.5. The van der Waals surface area contributed by atoms with Crippen molar-refractivity contribution < 1.29 is 14.3 Å². The number of isocyanates is 1. The Morgan fingerprint density at radius 3 is 2.00 bits per heavy atom. The van der Waals surface area contributed by atoms with Crippen molar-refractivity contribution in [1.82, 2.24) is 0 Å². The van der Waals surface area contributed by atoms with Gasteiger partial charge in [-0.25, -0.2) is 15.0 Å². The zero-order chi connectivity index (χ0) is 8.57. The summed E-state index contributed by atoms with van der Waals surface area (Å²) in [6.07, 6.45) is 0.750. The van der Waals surface area contributed by atoms with Gasteiger partial charge in [0.05, 0.1) is 7.11 Å². The van der Waals surface area contributed by atoms with Gasteiger partial charge in [0.25, 0.3) is 0 Å². The first-order valence-electron chi connectivity index (χ1n) is 2.37. The summed E-state index contributed by atoms with van der Waals surface area (Å²) in [5.74, 6) is -0.347. The molecule has 0 atom stereocenters. The SMILES string of the molecule is C=C(C)C(=O)OC.N=C=O. The van der Waals surface area contributed by atoms with Crippen LogP contribution < -0.4 is 0 Å². The molecule has 0 heterocycles. The predicted octanol–water partition coefficient (Wildman–Crippen LogP) is 0.636. The van der Waals surface area contributed by atoms with E-state index in [-0.39, 0.29) is 5.97 Å². The molecule has 0 saturated heterocycles.